The van der Waals surface area contributed by atoms with E-state index in [1.165, 1.54) is 0 Å². The molecular weight excluding hydrogens is 238 g/mol. The lowest BCUT2D eigenvalue weighted by molar-refractivity contribution is 0.0517. The second kappa shape index (κ2) is 5.67. The maximum atomic E-state index is 11.4. The molecule has 0 radical (unpaired) electrons. The Bertz CT molecular complexity index is 336. The minimum absolute atomic E-state index is 0.361. The third-order valence-corrected chi connectivity index (χ3v) is 5.96. The van der Waals surface area contributed by atoms with E-state index in [-0.39, 0.29) is 0 Å². The summed E-state index contributed by atoms with van der Waals surface area (Å²) in [5, 5.41) is 3.38. The first-order valence-corrected chi connectivity index (χ1v) is 8.38. The van der Waals surface area contributed by atoms with Gasteiger partial charge in [-0.05, 0) is 44.6 Å². The largest absolute Gasteiger partial charge is 0.381 e. The first-order valence-electron chi connectivity index (χ1n) is 6.56. The van der Waals surface area contributed by atoms with Gasteiger partial charge in [0.1, 0.15) is 0 Å². The highest BCUT2D eigenvalue weighted by molar-refractivity contribution is 7.91. The Morgan fingerprint density at radius 2 is 2.00 bits per heavy atom. The van der Waals surface area contributed by atoms with Crippen molar-refractivity contribution in [2.75, 3.05) is 31.8 Å². The molecule has 0 amide bonds. The zero-order valence-corrected chi connectivity index (χ0v) is 11.3. The molecule has 2 heterocycles. The highest BCUT2D eigenvalue weighted by Crippen LogP contribution is 2.28. The molecule has 0 aromatic carbocycles. The molecule has 0 aliphatic carbocycles. The van der Waals surface area contributed by atoms with E-state index >= 15 is 0 Å². The summed E-state index contributed by atoms with van der Waals surface area (Å²) in [5.41, 5.74) is 0. The summed E-state index contributed by atoms with van der Waals surface area (Å²) in [6.07, 6.45) is 4.06. The first kappa shape index (κ1) is 13.3. The number of ether oxygens (including phenoxy) is 1. The van der Waals surface area contributed by atoms with Crippen molar-refractivity contribution in [3.05, 3.63) is 0 Å². The van der Waals surface area contributed by atoms with Crippen LogP contribution in [0.3, 0.4) is 0 Å². The Morgan fingerprint density at radius 3 is 2.53 bits per heavy atom. The van der Waals surface area contributed by atoms with Gasteiger partial charge in [-0.25, -0.2) is 8.42 Å². The second-order valence-electron chi connectivity index (χ2n) is 5.35. The van der Waals surface area contributed by atoms with E-state index in [2.05, 4.69) is 5.32 Å². The van der Waals surface area contributed by atoms with Crippen LogP contribution >= 0.6 is 0 Å². The number of sulfone groups is 1. The Labute approximate surface area is 104 Å². The molecule has 0 bridgehead atoms. The number of hydrogen-bond donors (Lipinski definition) is 1. The molecule has 4 nitrogen and oxygen atoms in total. The lowest BCUT2D eigenvalue weighted by atomic mass is 9.85. The van der Waals surface area contributed by atoms with Crippen LogP contribution in [-0.4, -0.2) is 46.2 Å². The predicted molar refractivity (Wildman–Crippen MR) is 67.8 cm³/mol. The van der Waals surface area contributed by atoms with Crippen LogP contribution in [0, 0.1) is 11.8 Å². The van der Waals surface area contributed by atoms with Crippen molar-refractivity contribution in [2.45, 2.75) is 31.7 Å². The van der Waals surface area contributed by atoms with Gasteiger partial charge in [0.2, 0.25) is 0 Å². The molecule has 17 heavy (non-hydrogen) atoms. The summed E-state index contributed by atoms with van der Waals surface area (Å²) < 4.78 is 28.3. The Morgan fingerprint density at radius 1 is 1.29 bits per heavy atom. The van der Waals surface area contributed by atoms with Gasteiger partial charge in [0.15, 0.2) is 9.84 Å². The fourth-order valence-corrected chi connectivity index (χ4v) is 4.96. The average Bonchev–Trinajstić information content (AvgIpc) is 2.67. The molecule has 0 aromatic heterocycles. The smallest absolute Gasteiger partial charge is 0.150 e. The molecule has 2 fully saturated rings. The third-order valence-electron chi connectivity index (χ3n) is 4.12. The van der Waals surface area contributed by atoms with Gasteiger partial charge in [0.05, 0.1) is 11.5 Å². The topological polar surface area (TPSA) is 55.4 Å². The van der Waals surface area contributed by atoms with E-state index in [0.717, 1.165) is 38.9 Å². The summed E-state index contributed by atoms with van der Waals surface area (Å²) >= 11 is 0. The zero-order valence-electron chi connectivity index (χ0n) is 10.5. The van der Waals surface area contributed by atoms with Crippen LogP contribution in [0.15, 0.2) is 0 Å². The Kier molecular flexibility index (Phi) is 4.44. The summed E-state index contributed by atoms with van der Waals surface area (Å²) in [6.45, 7) is 1.71. The molecule has 2 rings (SSSR count). The maximum absolute atomic E-state index is 11.4. The third kappa shape index (κ3) is 3.66. The molecule has 2 aliphatic heterocycles. The van der Waals surface area contributed by atoms with E-state index in [4.69, 9.17) is 4.74 Å². The second-order valence-corrected chi connectivity index (χ2v) is 7.58. The van der Waals surface area contributed by atoms with Crippen LogP contribution in [0.1, 0.15) is 25.7 Å². The van der Waals surface area contributed by atoms with Gasteiger partial charge in [0, 0.05) is 19.3 Å². The molecule has 0 saturated carbocycles. The van der Waals surface area contributed by atoms with E-state index in [9.17, 15) is 8.42 Å². The van der Waals surface area contributed by atoms with Crippen LogP contribution in [-0.2, 0) is 14.6 Å². The van der Waals surface area contributed by atoms with Gasteiger partial charge in [0.25, 0.3) is 0 Å². The van der Waals surface area contributed by atoms with Crippen molar-refractivity contribution < 1.29 is 13.2 Å². The highest BCUT2D eigenvalue weighted by Gasteiger charge is 2.32. The molecule has 2 saturated heterocycles. The monoisotopic (exact) mass is 261 g/mol. The van der Waals surface area contributed by atoms with Gasteiger partial charge >= 0.3 is 0 Å². The molecule has 2 atom stereocenters. The van der Waals surface area contributed by atoms with Crippen molar-refractivity contribution in [1.82, 2.24) is 5.32 Å². The molecule has 0 aromatic rings. The predicted octanol–water partition coefficient (Wildman–Crippen LogP) is 0.826. The van der Waals surface area contributed by atoms with Gasteiger partial charge in [-0.3, -0.25) is 0 Å². The van der Waals surface area contributed by atoms with Gasteiger partial charge in [-0.15, -0.1) is 0 Å². The van der Waals surface area contributed by atoms with E-state index in [0.29, 0.717) is 29.4 Å². The first-order chi connectivity index (χ1) is 8.11. The highest BCUT2D eigenvalue weighted by atomic mass is 32.2. The minimum atomic E-state index is -2.73. The molecule has 0 spiro atoms. The molecule has 2 unspecified atom stereocenters. The van der Waals surface area contributed by atoms with Gasteiger partial charge in [-0.2, -0.15) is 0 Å². The molecule has 5 heteroatoms. The number of hydrogen-bond acceptors (Lipinski definition) is 4. The zero-order chi connectivity index (χ0) is 12.3. The molecule has 1 N–H and O–H groups in total. The summed E-state index contributed by atoms with van der Waals surface area (Å²) in [5.74, 6) is 1.80. The SMILES string of the molecule is CNC(CC1CCS(=O)(=O)C1)C1CCOCC1. The van der Waals surface area contributed by atoms with Crippen molar-refractivity contribution in [1.29, 1.82) is 0 Å². The van der Waals surface area contributed by atoms with E-state index < -0.39 is 9.84 Å². The van der Waals surface area contributed by atoms with Crippen molar-refractivity contribution in [2.24, 2.45) is 11.8 Å². The minimum Gasteiger partial charge on any atom is -0.381 e. The quantitative estimate of drug-likeness (QED) is 0.814. The normalized spacial score (nSPS) is 31.5. The maximum Gasteiger partial charge on any atom is 0.150 e. The fourth-order valence-electron chi connectivity index (χ4n) is 3.08. The van der Waals surface area contributed by atoms with Crippen LogP contribution in [0.25, 0.3) is 0 Å². The summed E-state index contributed by atoms with van der Waals surface area (Å²) in [6, 6.07) is 0.456. The number of nitrogens with one attached hydrogen (secondary N) is 1. The Hall–Kier alpha value is -0.130. The van der Waals surface area contributed by atoms with Crippen LogP contribution in [0.5, 0.6) is 0 Å². The molecule has 2 aliphatic rings. The fraction of sp³-hybridized carbons (Fsp3) is 1.00. The van der Waals surface area contributed by atoms with Gasteiger partial charge in [-0.1, -0.05) is 0 Å². The lowest BCUT2D eigenvalue weighted by Gasteiger charge is -2.31. The molecule has 100 valence electrons. The van der Waals surface area contributed by atoms with Crippen molar-refractivity contribution in [3.63, 3.8) is 0 Å². The van der Waals surface area contributed by atoms with E-state index in [1.807, 2.05) is 7.05 Å². The van der Waals surface area contributed by atoms with Crippen molar-refractivity contribution >= 4 is 9.84 Å². The lowest BCUT2D eigenvalue weighted by Crippen LogP contribution is -2.38. The Balaban J connectivity index is 1.87. The standard InChI is InChI=1S/C12H23NO3S/c1-13-12(11-2-5-16-6-3-11)8-10-4-7-17(14,15)9-10/h10-13H,2-9H2,1H3. The van der Waals surface area contributed by atoms with Crippen molar-refractivity contribution in [3.8, 4) is 0 Å². The summed E-state index contributed by atoms with van der Waals surface area (Å²) in [7, 11) is -0.743. The number of rotatable bonds is 4. The average molecular weight is 261 g/mol. The van der Waals surface area contributed by atoms with Gasteiger partial charge < -0.3 is 10.1 Å². The van der Waals surface area contributed by atoms with E-state index in [1.54, 1.807) is 0 Å². The van der Waals surface area contributed by atoms with Crippen LogP contribution in [0.4, 0.5) is 0 Å². The molecular formula is C12H23NO3S. The summed E-state index contributed by atoms with van der Waals surface area (Å²) in [4.78, 5) is 0. The van der Waals surface area contributed by atoms with Crippen LogP contribution in [0.2, 0.25) is 0 Å². The van der Waals surface area contributed by atoms with Crippen LogP contribution < -0.4 is 5.32 Å².